The van der Waals surface area contributed by atoms with Crippen molar-refractivity contribution in [1.82, 2.24) is 24.5 Å². The molecule has 210 valence electrons. The SMILES string of the molecule is CC(C)(C)Cn1c(N)nc2ccc(-c3[nH]c(-c4c(F)cccc4F)nc3-c3ccc(F)cc3)nc21.CS(=O)(=O)O. The maximum atomic E-state index is 14.6. The number of pyridine rings is 1. The molecule has 0 bridgehead atoms. The molecule has 0 atom stereocenters. The Morgan fingerprint density at radius 3 is 2.12 bits per heavy atom. The Kier molecular flexibility index (Phi) is 7.72. The summed E-state index contributed by atoms with van der Waals surface area (Å²) in [6, 6.07) is 12.8. The highest BCUT2D eigenvalue weighted by Crippen LogP contribution is 2.35. The Morgan fingerprint density at radius 2 is 1.55 bits per heavy atom. The van der Waals surface area contributed by atoms with E-state index in [2.05, 4.69) is 35.7 Å². The molecule has 4 N–H and O–H groups in total. The summed E-state index contributed by atoms with van der Waals surface area (Å²) >= 11 is 0. The molecule has 0 saturated heterocycles. The van der Waals surface area contributed by atoms with Gasteiger partial charge in [-0.3, -0.25) is 9.12 Å². The Bertz CT molecular complexity index is 1760. The first-order valence-electron chi connectivity index (χ1n) is 12.0. The van der Waals surface area contributed by atoms with Gasteiger partial charge in [-0.05, 0) is 53.9 Å². The summed E-state index contributed by atoms with van der Waals surface area (Å²) in [6.07, 6.45) is 0.715. The van der Waals surface area contributed by atoms with Crippen molar-refractivity contribution in [2.45, 2.75) is 27.3 Å². The van der Waals surface area contributed by atoms with Crippen molar-refractivity contribution in [3.63, 3.8) is 0 Å². The van der Waals surface area contributed by atoms with E-state index in [-0.39, 0.29) is 16.8 Å². The summed E-state index contributed by atoms with van der Waals surface area (Å²) in [5.74, 6) is -1.57. The van der Waals surface area contributed by atoms with Crippen LogP contribution in [0.3, 0.4) is 0 Å². The van der Waals surface area contributed by atoms with E-state index in [1.807, 2.05) is 4.57 Å². The summed E-state index contributed by atoms with van der Waals surface area (Å²) in [5, 5.41) is 0. The van der Waals surface area contributed by atoms with E-state index in [9.17, 15) is 21.6 Å². The maximum Gasteiger partial charge on any atom is 0.261 e. The lowest BCUT2D eigenvalue weighted by Gasteiger charge is -2.19. The zero-order valence-corrected chi connectivity index (χ0v) is 22.9. The zero-order valence-electron chi connectivity index (χ0n) is 22.1. The molecule has 40 heavy (non-hydrogen) atoms. The van der Waals surface area contributed by atoms with Crippen LogP contribution < -0.4 is 5.73 Å². The van der Waals surface area contributed by atoms with Gasteiger partial charge >= 0.3 is 0 Å². The first-order valence-corrected chi connectivity index (χ1v) is 13.8. The van der Waals surface area contributed by atoms with E-state index >= 15 is 0 Å². The molecule has 0 aliphatic heterocycles. The number of nitrogens with one attached hydrogen (secondary N) is 1. The van der Waals surface area contributed by atoms with Crippen LogP contribution in [0.4, 0.5) is 19.1 Å². The number of nitrogens with zero attached hydrogens (tertiary/aromatic N) is 4. The predicted octanol–water partition coefficient (Wildman–Crippen LogP) is 5.71. The second-order valence-corrected chi connectivity index (χ2v) is 11.8. The normalized spacial score (nSPS) is 11.9. The van der Waals surface area contributed by atoms with Crippen molar-refractivity contribution in [3.8, 4) is 34.0 Å². The number of rotatable bonds is 4. The van der Waals surface area contributed by atoms with Crippen LogP contribution in [-0.2, 0) is 16.7 Å². The molecule has 0 amide bonds. The number of H-pyrrole nitrogens is 1. The van der Waals surface area contributed by atoms with E-state index in [4.69, 9.17) is 15.3 Å². The Labute approximate surface area is 228 Å². The van der Waals surface area contributed by atoms with Crippen molar-refractivity contribution in [2.75, 3.05) is 12.0 Å². The van der Waals surface area contributed by atoms with Gasteiger partial charge in [0.05, 0.1) is 28.9 Å². The average Bonchev–Trinajstić information content (AvgIpc) is 3.39. The third-order valence-electron chi connectivity index (χ3n) is 5.53. The smallest absolute Gasteiger partial charge is 0.261 e. The molecular formula is C27H27F3N6O3S. The van der Waals surface area contributed by atoms with Gasteiger partial charge in [0.15, 0.2) is 5.65 Å². The van der Waals surface area contributed by atoms with E-state index < -0.39 is 27.6 Å². The van der Waals surface area contributed by atoms with Crippen LogP contribution >= 0.6 is 0 Å². The van der Waals surface area contributed by atoms with Crippen molar-refractivity contribution >= 4 is 27.2 Å². The molecule has 2 aromatic carbocycles. The lowest BCUT2D eigenvalue weighted by atomic mass is 9.97. The van der Waals surface area contributed by atoms with E-state index in [1.165, 1.54) is 18.2 Å². The molecule has 9 nitrogen and oxygen atoms in total. The molecule has 3 heterocycles. The number of halogens is 3. The molecule has 0 radical (unpaired) electrons. The topological polar surface area (TPSA) is 140 Å². The van der Waals surface area contributed by atoms with Gasteiger partial charge in [0.2, 0.25) is 5.95 Å². The van der Waals surface area contributed by atoms with E-state index in [1.54, 1.807) is 24.3 Å². The molecule has 0 spiro atoms. The Balaban J connectivity index is 0.000000681. The van der Waals surface area contributed by atoms with Crippen molar-refractivity contribution in [1.29, 1.82) is 0 Å². The van der Waals surface area contributed by atoms with Gasteiger partial charge in [0.25, 0.3) is 10.1 Å². The number of hydrogen-bond acceptors (Lipinski definition) is 6. The van der Waals surface area contributed by atoms with Crippen LogP contribution in [0, 0.1) is 22.9 Å². The highest BCUT2D eigenvalue weighted by molar-refractivity contribution is 7.85. The molecule has 13 heteroatoms. The molecule has 0 aliphatic rings. The number of nitrogen functional groups attached to an aromatic ring is 1. The molecular weight excluding hydrogens is 545 g/mol. The maximum absolute atomic E-state index is 14.6. The summed E-state index contributed by atoms with van der Waals surface area (Å²) in [5.41, 5.74) is 8.85. The minimum atomic E-state index is -3.67. The molecule has 0 saturated carbocycles. The minimum Gasteiger partial charge on any atom is -0.369 e. The summed E-state index contributed by atoms with van der Waals surface area (Å²) in [4.78, 5) is 16.7. The third-order valence-corrected chi connectivity index (χ3v) is 5.53. The molecule has 0 aliphatic carbocycles. The average molecular weight is 573 g/mol. The van der Waals surface area contributed by atoms with Crippen molar-refractivity contribution in [3.05, 3.63) is 72.0 Å². The van der Waals surface area contributed by atoms with Crippen molar-refractivity contribution in [2.24, 2.45) is 5.41 Å². The fraction of sp³-hybridized carbons (Fsp3) is 0.222. The molecule has 3 aromatic heterocycles. The predicted molar refractivity (Wildman–Crippen MR) is 147 cm³/mol. The number of aromatic nitrogens is 5. The lowest BCUT2D eigenvalue weighted by molar-refractivity contribution is 0.350. The fourth-order valence-electron chi connectivity index (χ4n) is 4.01. The van der Waals surface area contributed by atoms with Gasteiger partial charge < -0.3 is 10.7 Å². The summed E-state index contributed by atoms with van der Waals surface area (Å²) in [6.45, 7) is 6.84. The Morgan fingerprint density at radius 1 is 0.950 bits per heavy atom. The number of anilines is 1. The second-order valence-electron chi connectivity index (χ2n) is 10.3. The number of imidazole rings is 2. The zero-order chi connectivity index (χ0) is 29.4. The van der Waals surface area contributed by atoms with Crippen LogP contribution in [0.25, 0.3) is 45.2 Å². The van der Waals surface area contributed by atoms with Gasteiger partial charge in [0, 0.05) is 12.1 Å². The van der Waals surface area contributed by atoms with Gasteiger partial charge in [-0.25, -0.2) is 28.1 Å². The fourth-order valence-corrected chi connectivity index (χ4v) is 4.01. The van der Waals surface area contributed by atoms with Crippen LogP contribution in [-0.4, -0.2) is 43.7 Å². The number of aromatic amines is 1. The highest BCUT2D eigenvalue weighted by atomic mass is 32.2. The molecule has 5 rings (SSSR count). The van der Waals surface area contributed by atoms with Gasteiger partial charge in [-0.1, -0.05) is 26.8 Å². The van der Waals surface area contributed by atoms with Gasteiger partial charge in [-0.15, -0.1) is 0 Å². The highest BCUT2D eigenvalue weighted by Gasteiger charge is 2.23. The lowest BCUT2D eigenvalue weighted by Crippen LogP contribution is -2.17. The number of hydrogen-bond donors (Lipinski definition) is 3. The van der Waals surface area contributed by atoms with Crippen molar-refractivity contribution < 1.29 is 26.1 Å². The van der Waals surface area contributed by atoms with Crippen LogP contribution in [0.5, 0.6) is 0 Å². The first kappa shape index (κ1) is 28.8. The monoisotopic (exact) mass is 572 g/mol. The van der Waals surface area contributed by atoms with E-state index in [0.717, 1.165) is 12.1 Å². The first-order chi connectivity index (χ1) is 18.6. The molecule has 0 fully saturated rings. The van der Waals surface area contributed by atoms with Gasteiger partial charge in [0.1, 0.15) is 28.8 Å². The summed E-state index contributed by atoms with van der Waals surface area (Å²) < 4.78 is 70.4. The Hall–Kier alpha value is -4.23. The minimum absolute atomic E-state index is 0.000431. The largest absolute Gasteiger partial charge is 0.369 e. The van der Waals surface area contributed by atoms with Gasteiger partial charge in [-0.2, -0.15) is 8.42 Å². The number of benzene rings is 2. The second kappa shape index (κ2) is 10.7. The quantitative estimate of drug-likeness (QED) is 0.235. The van der Waals surface area contributed by atoms with E-state index in [0.29, 0.717) is 52.6 Å². The van der Waals surface area contributed by atoms with Crippen LogP contribution in [0.15, 0.2) is 54.6 Å². The number of fused-ring (bicyclic) bond motifs is 1. The standard InChI is InChI=1S/C26H23F3N6.CH4O3S/c1-26(2,3)13-35-24-19(32-25(35)30)12-11-18(31-24)22-21(14-7-9-15(27)10-8-14)33-23(34-22)20-16(28)5-4-6-17(20)29;1-5(2,3)4/h4-12H,13H2,1-3H3,(H2,30,32)(H,33,34);1H3,(H,2,3,4). The molecule has 5 aromatic rings. The van der Waals surface area contributed by atoms with Crippen LogP contribution in [0.1, 0.15) is 20.8 Å². The summed E-state index contributed by atoms with van der Waals surface area (Å²) in [7, 11) is -3.67. The molecule has 0 unspecified atom stereocenters. The number of nitrogens with two attached hydrogens (primary N) is 1. The third kappa shape index (κ3) is 6.66. The van der Waals surface area contributed by atoms with Crippen LogP contribution in [0.2, 0.25) is 0 Å².